The van der Waals surface area contributed by atoms with E-state index in [4.69, 9.17) is 4.74 Å². The molecule has 0 radical (unpaired) electrons. The molecule has 8 nitrogen and oxygen atoms in total. The minimum absolute atomic E-state index is 0.00576. The van der Waals surface area contributed by atoms with Crippen molar-refractivity contribution in [3.63, 3.8) is 0 Å². The van der Waals surface area contributed by atoms with Gasteiger partial charge in [0.25, 0.3) is 0 Å². The van der Waals surface area contributed by atoms with Crippen LogP contribution in [0.3, 0.4) is 0 Å². The monoisotopic (exact) mass is 470 g/mol. The zero-order valence-corrected chi connectivity index (χ0v) is 20.1. The van der Waals surface area contributed by atoms with Crippen LogP contribution < -0.4 is 10.1 Å². The van der Waals surface area contributed by atoms with Crippen LogP contribution >= 0.6 is 0 Å². The first-order chi connectivity index (χ1) is 17.1. The Hall–Kier alpha value is -3.65. The Kier molecular flexibility index (Phi) is 5.53. The molecule has 0 spiro atoms. The molecule has 2 aliphatic rings. The van der Waals surface area contributed by atoms with Crippen LogP contribution in [0.5, 0.6) is 5.75 Å². The number of carbonyl (C=O) groups excluding carboxylic acids is 1. The third kappa shape index (κ3) is 4.18. The Bertz CT molecular complexity index is 1360. The number of aromatic nitrogens is 4. The van der Waals surface area contributed by atoms with Gasteiger partial charge in [-0.05, 0) is 43.0 Å². The number of benzene rings is 1. The van der Waals surface area contributed by atoms with Gasteiger partial charge in [0.2, 0.25) is 5.91 Å². The zero-order chi connectivity index (χ0) is 23.9. The first-order valence-electron chi connectivity index (χ1n) is 12.3. The fourth-order valence-electron chi connectivity index (χ4n) is 5.11. The fourth-order valence-corrected chi connectivity index (χ4v) is 5.11. The molecule has 0 bridgehead atoms. The lowest BCUT2D eigenvalue weighted by molar-refractivity contribution is -0.117. The standard InChI is InChI=1S/C27H30N6O2/c1-3-32-11-10-20(32)17-35-24-16-28-31(2)26(24)19-9-12-33-21(13-19)14-25(30-33)29-27(34)23-15-22(23)18-7-5-4-6-8-18/h4-9,12-14,16,20,22-23H,3,10-11,15,17H2,1-2H3,(H,29,30,34)/t20-,22+,23+/m1/s1. The Morgan fingerprint density at radius 2 is 2.06 bits per heavy atom. The number of hydrogen-bond donors (Lipinski definition) is 1. The average Bonchev–Trinajstić information content (AvgIpc) is 3.43. The van der Waals surface area contributed by atoms with Gasteiger partial charge in [0.1, 0.15) is 12.3 Å². The molecular weight excluding hydrogens is 440 g/mol. The van der Waals surface area contributed by atoms with Crippen molar-refractivity contribution in [3.05, 3.63) is 66.5 Å². The van der Waals surface area contributed by atoms with Gasteiger partial charge in [0.05, 0.1) is 11.7 Å². The van der Waals surface area contributed by atoms with E-state index in [1.165, 1.54) is 12.0 Å². The summed E-state index contributed by atoms with van der Waals surface area (Å²) in [5.74, 6) is 1.69. The van der Waals surface area contributed by atoms with E-state index in [1.54, 1.807) is 10.7 Å². The van der Waals surface area contributed by atoms with Crippen LogP contribution in [0.4, 0.5) is 5.82 Å². The number of likely N-dealkylation sites (tertiary alicyclic amines) is 1. The summed E-state index contributed by atoms with van der Waals surface area (Å²) in [7, 11) is 1.93. The van der Waals surface area contributed by atoms with Crippen LogP contribution in [0, 0.1) is 5.92 Å². The number of amides is 1. The lowest BCUT2D eigenvalue weighted by atomic mass is 10.0. The van der Waals surface area contributed by atoms with Crippen molar-refractivity contribution < 1.29 is 9.53 Å². The van der Waals surface area contributed by atoms with Crippen molar-refractivity contribution in [2.24, 2.45) is 13.0 Å². The molecule has 8 heteroatoms. The van der Waals surface area contributed by atoms with Crippen molar-refractivity contribution in [1.82, 2.24) is 24.3 Å². The van der Waals surface area contributed by atoms with Crippen molar-refractivity contribution in [1.29, 1.82) is 0 Å². The molecule has 1 aromatic carbocycles. The van der Waals surface area contributed by atoms with Gasteiger partial charge in [-0.2, -0.15) is 10.2 Å². The summed E-state index contributed by atoms with van der Waals surface area (Å²) in [4.78, 5) is 15.2. The highest BCUT2D eigenvalue weighted by molar-refractivity contribution is 5.95. The molecule has 1 aliphatic heterocycles. The van der Waals surface area contributed by atoms with E-state index < -0.39 is 0 Å². The highest BCUT2D eigenvalue weighted by Crippen LogP contribution is 2.47. The summed E-state index contributed by atoms with van der Waals surface area (Å²) in [5, 5.41) is 12.0. The molecule has 4 aromatic rings. The van der Waals surface area contributed by atoms with Gasteiger partial charge < -0.3 is 10.1 Å². The number of fused-ring (bicyclic) bond motifs is 1. The lowest BCUT2D eigenvalue weighted by Crippen LogP contribution is -2.50. The van der Waals surface area contributed by atoms with Gasteiger partial charge in [0, 0.05) is 43.4 Å². The van der Waals surface area contributed by atoms with Crippen LogP contribution in [0.1, 0.15) is 31.2 Å². The molecule has 1 saturated heterocycles. The van der Waals surface area contributed by atoms with Gasteiger partial charge >= 0.3 is 0 Å². The minimum atomic E-state index is 0.00576. The first-order valence-corrected chi connectivity index (χ1v) is 12.3. The van der Waals surface area contributed by atoms with Gasteiger partial charge in [-0.3, -0.25) is 14.4 Å². The van der Waals surface area contributed by atoms with Crippen LogP contribution in [-0.2, 0) is 11.8 Å². The zero-order valence-electron chi connectivity index (χ0n) is 20.1. The molecular formula is C27H30N6O2. The molecule has 1 N–H and O–H groups in total. The molecule has 1 aliphatic carbocycles. The molecule has 4 heterocycles. The SMILES string of the molecule is CCN1CC[C@@H]1COc1cnn(C)c1-c1ccn2nc(NC(=O)[C@H]3C[C@H]3c3ccccc3)cc2c1. The second-order valence-corrected chi connectivity index (χ2v) is 9.53. The van der Waals surface area contributed by atoms with Crippen molar-refractivity contribution >= 4 is 17.2 Å². The van der Waals surface area contributed by atoms with Gasteiger partial charge in [-0.15, -0.1) is 0 Å². The van der Waals surface area contributed by atoms with Crippen LogP contribution in [0.15, 0.2) is 60.9 Å². The summed E-state index contributed by atoms with van der Waals surface area (Å²) in [6.07, 6.45) is 5.75. The predicted octanol–water partition coefficient (Wildman–Crippen LogP) is 3.95. The van der Waals surface area contributed by atoms with E-state index in [0.717, 1.165) is 42.0 Å². The topological polar surface area (TPSA) is 76.7 Å². The minimum Gasteiger partial charge on any atom is -0.488 e. The molecule has 3 aromatic heterocycles. The summed E-state index contributed by atoms with van der Waals surface area (Å²) >= 11 is 0. The number of nitrogens with one attached hydrogen (secondary N) is 1. The Balaban J connectivity index is 1.16. The van der Waals surface area contributed by atoms with Crippen LogP contribution in [0.2, 0.25) is 0 Å². The second kappa shape index (κ2) is 8.85. The maximum atomic E-state index is 12.8. The van der Waals surface area contributed by atoms with Gasteiger partial charge in [-0.25, -0.2) is 4.52 Å². The van der Waals surface area contributed by atoms with E-state index in [0.29, 0.717) is 24.4 Å². The maximum Gasteiger partial charge on any atom is 0.229 e. The Labute approximate surface area is 204 Å². The van der Waals surface area contributed by atoms with Crippen LogP contribution in [0.25, 0.3) is 16.8 Å². The van der Waals surface area contributed by atoms with E-state index in [1.807, 2.05) is 48.3 Å². The van der Waals surface area contributed by atoms with E-state index >= 15 is 0 Å². The van der Waals surface area contributed by atoms with E-state index in [2.05, 4.69) is 45.5 Å². The summed E-state index contributed by atoms with van der Waals surface area (Å²) in [6.45, 7) is 5.06. The molecule has 0 unspecified atom stereocenters. The van der Waals surface area contributed by atoms with Crippen molar-refractivity contribution in [3.8, 4) is 17.0 Å². The number of carbonyl (C=O) groups is 1. The smallest absolute Gasteiger partial charge is 0.229 e. The molecule has 35 heavy (non-hydrogen) atoms. The molecule has 180 valence electrons. The molecule has 1 amide bonds. The quantitative estimate of drug-likeness (QED) is 0.422. The highest BCUT2D eigenvalue weighted by atomic mass is 16.5. The maximum absolute atomic E-state index is 12.8. The van der Waals surface area contributed by atoms with Gasteiger partial charge in [-0.1, -0.05) is 37.3 Å². The first kappa shape index (κ1) is 21.9. The van der Waals surface area contributed by atoms with Crippen LogP contribution in [-0.4, -0.2) is 55.9 Å². The van der Waals surface area contributed by atoms with Gasteiger partial charge in [0.15, 0.2) is 11.6 Å². The number of rotatable bonds is 8. The number of aryl methyl sites for hydroxylation is 1. The average molecular weight is 471 g/mol. The number of hydrogen-bond acceptors (Lipinski definition) is 5. The highest BCUT2D eigenvalue weighted by Gasteiger charge is 2.44. The molecule has 2 fully saturated rings. The number of likely N-dealkylation sites (N-methyl/N-ethyl adjacent to an activating group) is 1. The lowest BCUT2D eigenvalue weighted by Gasteiger charge is -2.39. The van der Waals surface area contributed by atoms with E-state index in [9.17, 15) is 4.79 Å². The fraction of sp³-hybridized carbons (Fsp3) is 0.370. The number of ether oxygens (including phenoxy) is 1. The summed E-state index contributed by atoms with van der Waals surface area (Å²) in [5.41, 5.74) is 4.06. The normalized spacial score (nSPS) is 21.6. The number of anilines is 1. The molecule has 6 rings (SSSR count). The molecule has 3 atom stereocenters. The second-order valence-electron chi connectivity index (χ2n) is 9.53. The van der Waals surface area contributed by atoms with Crippen molar-refractivity contribution in [2.75, 3.05) is 25.0 Å². The Morgan fingerprint density at radius 1 is 1.20 bits per heavy atom. The Morgan fingerprint density at radius 3 is 2.83 bits per heavy atom. The largest absolute Gasteiger partial charge is 0.488 e. The molecule has 1 saturated carbocycles. The summed E-state index contributed by atoms with van der Waals surface area (Å²) < 4.78 is 9.82. The number of pyridine rings is 1. The van der Waals surface area contributed by atoms with E-state index in [-0.39, 0.29) is 11.8 Å². The third-order valence-electron chi connectivity index (χ3n) is 7.35. The predicted molar refractivity (Wildman–Crippen MR) is 134 cm³/mol. The number of nitrogens with zero attached hydrogens (tertiary/aromatic N) is 5. The summed E-state index contributed by atoms with van der Waals surface area (Å²) in [6, 6.07) is 16.7. The third-order valence-corrected chi connectivity index (χ3v) is 7.35. The van der Waals surface area contributed by atoms with Crippen molar-refractivity contribution in [2.45, 2.75) is 31.7 Å².